The maximum Gasteiger partial charge on any atom is 0.352 e. The van der Waals surface area contributed by atoms with Gasteiger partial charge in [0, 0.05) is 6.04 Å². The van der Waals surface area contributed by atoms with Crippen LogP contribution >= 0.6 is 11.3 Å². The van der Waals surface area contributed by atoms with Gasteiger partial charge < -0.3 is 9.73 Å². The molecule has 174 valence electrons. The smallest absolute Gasteiger partial charge is 0.352 e. The van der Waals surface area contributed by atoms with E-state index in [9.17, 15) is 14.4 Å². The van der Waals surface area contributed by atoms with Crippen LogP contribution in [0.2, 0.25) is 0 Å². The highest BCUT2D eigenvalue weighted by Crippen LogP contribution is 2.18. The highest BCUT2D eigenvalue weighted by Gasteiger charge is 2.20. The summed E-state index contributed by atoms with van der Waals surface area (Å²) < 4.78 is 9.71. The number of hydrogen-bond donors (Lipinski definition) is 1. The predicted molar refractivity (Wildman–Crippen MR) is 129 cm³/mol. The van der Waals surface area contributed by atoms with E-state index in [0.717, 1.165) is 17.5 Å². The molecule has 0 spiro atoms. The molecule has 0 fully saturated rings. The lowest BCUT2D eigenvalue weighted by Gasteiger charge is -2.13. The van der Waals surface area contributed by atoms with Crippen LogP contribution in [-0.2, 0) is 24.3 Å². The van der Waals surface area contributed by atoms with E-state index < -0.39 is 5.69 Å². The summed E-state index contributed by atoms with van der Waals surface area (Å²) in [7, 11) is 0. The summed E-state index contributed by atoms with van der Waals surface area (Å²) in [6.45, 7) is 1.82. The van der Waals surface area contributed by atoms with Crippen molar-refractivity contribution < 1.29 is 9.21 Å². The van der Waals surface area contributed by atoms with E-state index in [0.29, 0.717) is 16.0 Å². The fourth-order valence-corrected chi connectivity index (χ4v) is 4.82. The Bertz CT molecular complexity index is 1560. The lowest BCUT2D eigenvalue weighted by Crippen LogP contribution is -2.38. The van der Waals surface area contributed by atoms with Crippen molar-refractivity contribution in [3.8, 4) is 0 Å². The van der Waals surface area contributed by atoms with Gasteiger partial charge >= 0.3 is 5.69 Å². The van der Waals surface area contributed by atoms with Gasteiger partial charge in [-0.05, 0) is 48.9 Å². The normalized spacial score (nSPS) is 12.4. The van der Waals surface area contributed by atoms with Crippen LogP contribution in [0, 0.1) is 0 Å². The molecule has 0 radical (unpaired) electrons. The number of hydrogen-bond acceptors (Lipinski definition) is 6. The molecule has 0 bridgehead atoms. The van der Waals surface area contributed by atoms with Crippen LogP contribution in [-0.4, -0.2) is 30.7 Å². The van der Waals surface area contributed by atoms with Gasteiger partial charge in [-0.1, -0.05) is 30.3 Å². The number of nitrogens with zero attached hydrogens (tertiary/aromatic N) is 4. The molecular formula is C24H23N5O4S. The van der Waals surface area contributed by atoms with Crippen molar-refractivity contribution in [3.63, 3.8) is 0 Å². The number of nitrogens with one attached hydrogen (secondary N) is 1. The SMILES string of the molecule is C[C@H](CCc1ccccc1)NC(=O)Cn1nc2n(Cc3ccco3)c(=O)c3sccc3n2c1=O. The molecule has 1 atom stereocenters. The number of carbonyl (C=O) groups excluding carboxylic acids is 1. The molecule has 5 aromatic rings. The van der Waals surface area contributed by atoms with Crippen molar-refractivity contribution >= 4 is 33.2 Å². The molecule has 0 aliphatic heterocycles. The monoisotopic (exact) mass is 477 g/mol. The van der Waals surface area contributed by atoms with Gasteiger partial charge in [-0.25, -0.2) is 13.9 Å². The van der Waals surface area contributed by atoms with Gasteiger partial charge in [-0.3, -0.25) is 14.2 Å². The van der Waals surface area contributed by atoms with Crippen molar-refractivity contribution in [2.45, 2.75) is 38.9 Å². The Morgan fingerprint density at radius 1 is 1.15 bits per heavy atom. The minimum absolute atomic E-state index is 0.0684. The number of benzene rings is 1. The third-order valence-corrected chi connectivity index (χ3v) is 6.58. The van der Waals surface area contributed by atoms with E-state index >= 15 is 0 Å². The van der Waals surface area contributed by atoms with Gasteiger partial charge in [0.05, 0.1) is 18.3 Å². The molecule has 5 rings (SSSR count). The Hall–Kier alpha value is -3.92. The number of fused-ring (bicyclic) bond motifs is 3. The Labute approximate surface area is 197 Å². The van der Waals surface area contributed by atoms with E-state index in [-0.39, 0.29) is 36.4 Å². The molecule has 1 aromatic carbocycles. The van der Waals surface area contributed by atoms with Crippen molar-refractivity contribution in [2.75, 3.05) is 0 Å². The number of amides is 1. The third kappa shape index (κ3) is 4.19. The summed E-state index contributed by atoms with van der Waals surface area (Å²) in [5, 5.41) is 9.05. The van der Waals surface area contributed by atoms with Crippen LogP contribution in [0.15, 0.2) is 74.2 Å². The fourth-order valence-electron chi connectivity index (χ4n) is 3.99. The summed E-state index contributed by atoms with van der Waals surface area (Å²) in [4.78, 5) is 39.0. The molecule has 34 heavy (non-hydrogen) atoms. The molecule has 0 saturated carbocycles. The summed E-state index contributed by atoms with van der Waals surface area (Å²) in [5.41, 5.74) is 0.951. The second-order valence-corrected chi connectivity index (χ2v) is 9.09. The molecule has 1 N–H and O–H groups in total. The lowest BCUT2D eigenvalue weighted by atomic mass is 10.1. The number of thiophene rings is 1. The quantitative estimate of drug-likeness (QED) is 0.370. The summed E-state index contributed by atoms with van der Waals surface area (Å²) in [6.07, 6.45) is 3.13. The first kappa shape index (κ1) is 21.9. The Morgan fingerprint density at radius 3 is 2.74 bits per heavy atom. The van der Waals surface area contributed by atoms with Gasteiger partial charge in [0.15, 0.2) is 0 Å². The van der Waals surface area contributed by atoms with Crippen molar-refractivity contribution in [2.24, 2.45) is 0 Å². The second-order valence-electron chi connectivity index (χ2n) is 8.17. The van der Waals surface area contributed by atoms with Crippen LogP contribution in [0.4, 0.5) is 0 Å². The zero-order chi connectivity index (χ0) is 23.7. The lowest BCUT2D eigenvalue weighted by molar-refractivity contribution is -0.122. The van der Waals surface area contributed by atoms with Crippen LogP contribution in [0.3, 0.4) is 0 Å². The number of aryl methyl sites for hydroxylation is 1. The summed E-state index contributed by atoms with van der Waals surface area (Å²) >= 11 is 1.26. The van der Waals surface area contributed by atoms with E-state index in [4.69, 9.17) is 4.42 Å². The zero-order valence-corrected chi connectivity index (χ0v) is 19.3. The van der Waals surface area contributed by atoms with Crippen LogP contribution in [0.5, 0.6) is 0 Å². The van der Waals surface area contributed by atoms with Crippen molar-refractivity contribution in [3.05, 3.63) is 92.3 Å². The number of carbonyl (C=O) groups is 1. The Morgan fingerprint density at radius 2 is 1.97 bits per heavy atom. The third-order valence-electron chi connectivity index (χ3n) is 5.69. The van der Waals surface area contributed by atoms with Gasteiger partial charge in [-0.2, -0.15) is 0 Å². The first-order chi connectivity index (χ1) is 16.5. The highest BCUT2D eigenvalue weighted by atomic mass is 32.1. The average Bonchev–Trinajstić information content (AvgIpc) is 3.57. The van der Waals surface area contributed by atoms with Crippen molar-refractivity contribution in [1.29, 1.82) is 0 Å². The maximum atomic E-state index is 13.2. The average molecular weight is 478 g/mol. The topological polar surface area (TPSA) is 104 Å². The molecule has 0 aliphatic rings. The van der Waals surface area contributed by atoms with E-state index in [1.165, 1.54) is 32.1 Å². The van der Waals surface area contributed by atoms with Gasteiger partial charge in [0.1, 0.15) is 17.0 Å². The Balaban J connectivity index is 1.40. The molecule has 4 heterocycles. The molecule has 10 heteroatoms. The predicted octanol–water partition coefficient (Wildman–Crippen LogP) is 2.65. The number of furan rings is 1. The molecule has 0 aliphatic carbocycles. The minimum Gasteiger partial charge on any atom is -0.467 e. The molecule has 0 unspecified atom stereocenters. The standard InChI is InChI=1S/C24H23N5O4S/c1-16(9-10-17-6-3-2-4-7-17)25-20(30)15-28-24(32)29-19-11-13-34-21(19)22(31)27(23(29)26-28)14-18-8-5-12-33-18/h2-8,11-13,16H,9-10,14-15H2,1H3,(H,25,30)/t16-/m1/s1. The van der Waals surface area contributed by atoms with E-state index in [1.54, 1.807) is 23.6 Å². The van der Waals surface area contributed by atoms with E-state index in [1.807, 2.05) is 25.1 Å². The maximum absolute atomic E-state index is 13.2. The highest BCUT2D eigenvalue weighted by molar-refractivity contribution is 7.17. The first-order valence-corrected chi connectivity index (χ1v) is 11.8. The molecular weight excluding hydrogens is 454 g/mol. The molecule has 0 saturated heterocycles. The molecule has 1 amide bonds. The summed E-state index contributed by atoms with van der Waals surface area (Å²) in [6, 6.07) is 15.2. The largest absolute Gasteiger partial charge is 0.467 e. The van der Waals surface area contributed by atoms with Gasteiger partial charge in [-0.15, -0.1) is 16.4 Å². The van der Waals surface area contributed by atoms with Gasteiger partial charge in [0.2, 0.25) is 11.7 Å². The zero-order valence-electron chi connectivity index (χ0n) is 18.5. The van der Waals surface area contributed by atoms with Gasteiger partial charge in [0.25, 0.3) is 5.56 Å². The summed E-state index contributed by atoms with van der Waals surface area (Å²) in [5.74, 6) is 0.418. The van der Waals surface area contributed by atoms with Crippen LogP contribution in [0.25, 0.3) is 16.0 Å². The number of rotatable bonds is 8. The Kier molecular flexibility index (Phi) is 5.89. The van der Waals surface area contributed by atoms with E-state index in [2.05, 4.69) is 22.5 Å². The first-order valence-electron chi connectivity index (χ1n) is 11.0. The molecule has 4 aromatic heterocycles. The fraction of sp³-hybridized carbons (Fsp3) is 0.250. The minimum atomic E-state index is -0.473. The number of aromatic nitrogens is 4. The van der Waals surface area contributed by atoms with Crippen LogP contribution < -0.4 is 16.6 Å². The molecule has 9 nitrogen and oxygen atoms in total. The van der Waals surface area contributed by atoms with Crippen LogP contribution in [0.1, 0.15) is 24.7 Å². The van der Waals surface area contributed by atoms with Crippen molar-refractivity contribution in [1.82, 2.24) is 24.1 Å². The second kappa shape index (κ2) is 9.14.